The summed E-state index contributed by atoms with van der Waals surface area (Å²) in [5, 5.41) is 23.1. The number of carboxylic acid groups (broad SMARTS) is 1. The summed E-state index contributed by atoms with van der Waals surface area (Å²) >= 11 is 0. The number of benzene rings is 1. The molecule has 2 amide bonds. The predicted molar refractivity (Wildman–Crippen MR) is 72.2 cm³/mol. The number of carbonyl (C=O) groups is 2. The van der Waals surface area contributed by atoms with E-state index in [1.807, 2.05) is 6.07 Å². The number of rotatable bonds is 4. The van der Waals surface area contributed by atoms with E-state index in [2.05, 4.69) is 10.6 Å². The highest BCUT2D eigenvalue weighted by Crippen LogP contribution is 2.32. The molecule has 1 aromatic rings. The molecule has 0 radical (unpaired) electrons. The van der Waals surface area contributed by atoms with Gasteiger partial charge >= 0.3 is 12.0 Å². The Bertz CT molecular complexity index is 588. The molecule has 1 aliphatic carbocycles. The number of carbonyl (C=O) groups excluding carboxylic acids is 1. The lowest BCUT2D eigenvalue weighted by atomic mass is 10.1. The standard InChI is InChI=1S/C14H15N3O3/c1-8-3-2-4-11(10(8)7-15)16-14(20)17-12(13(18)19)9-5-6-9/h2-4,9,12H,5-6H2,1H3,(H,18,19)(H2,16,17,20). The zero-order chi connectivity index (χ0) is 14.7. The molecule has 0 bridgehead atoms. The Morgan fingerprint density at radius 3 is 2.70 bits per heavy atom. The molecule has 0 aliphatic heterocycles. The quantitative estimate of drug-likeness (QED) is 0.779. The first-order chi connectivity index (χ1) is 9.52. The maximum absolute atomic E-state index is 11.8. The summed E-state index contributed by atoms with van der Waals surface area (Å²) in [5.41, 5.74) is 1.51. The van der Waals surface area contributed by atoms with Crippen molar-refractivity contribution < 1.29 is 14.7 Å². The van der Waals surface area contributed by atoms with E-state index in [-0.39, 0.29) is 5.92 Å². The van der Waals surface area contributed by atoms with E-state index in [1.165, 1.54) is 0 Å². The molecule has 1 saturated carbocycles. The molecule has 0 aromatic heterocycles. The molecule has 1 aliphatic rings. The summed E-state index contributed by atoms with van der Waals surface area (Å²) in [5.74, 6) is -1.03. The molecule has 0 heterocycles. The van der Waals surface area contributed by atoms with Crippen LogP contribution < -0.4 is 10.6 Å². The van der Waals surface area contributed by atoms with E-state index in [9.17, 15) is 9.59 Å². The smallest absolute Gasteiger partial charge is 0.326 e. The lowest BCUT2D eigenvalue weighted by Crippen LogP contribution is -2.44. The number of hydrogen-bond donors (Lipinski definition) is 3. The number of nitriles is 1. The van der Waals surface area contributed by atoms with E-state index >= 15 is 0 Å². The Morgan fingerprint density at radius 2 is 2.15 bits per heavy atom. The molecule has 0 saturated heterocycles. The van der Waals surface area contributed by atoms with Crippen LogP contribution in [0.25, 0.3) is 0 Å². The van der Waals surface area contributed by atoms with Gasteiger partial charge in [0.1, 0.15) is 12.1 Å². The van der Waals surface area contributed by atoms with Crippen LogP contribution in [0.2, 0.25) is 0 Å². The molecule has 6 heteroatoms. The van der Waals surface area contributed by atoms with Crippen LogP contribution >= 0.6 is 0 Å². The second-order valence-corrected chi connectivity index (χ2v) is 4.86. The van der Waals surface area contributed by atoms with E-state index in [0.717, 1.165) is 18.4 Å². The Balaban J connectivity index is 2.07. The molecule has 1 unspecified atom stereocenters. The zero-order valence-electron chi connectivity index (χ0n) is 11.0. The van der Waals surface area contributed by atoms with Gasteiger partial charge in [0, 0.05) is 0 Å². The number of urea groups is 1. The van der Waals surface area contributed by atoms with Gasteiger partial charge in [-0.1, -0.05) is 12.1 Å². The molecular weight excluding hydrogens is 258 g/mol. The highest BCUT2D eigenvalue weighted by atomic mass is 16.4. The fraction of sp³-hybridized carbons (Fsp3) is 0.357. The van der Waals surface area contributed by atoms with Crippen LogP contribution in [-0.4, -0.2) is 23.1 Å². The van der Waals surface area contributed by atoms with Crippen LogP contribution in [0.3, 0.4) is 0 Å². The normalized spacial score (nSPS) is 15.0. The van der Waals surface area contributed by atoms with Gasteiger partial charge in [0.2, 0.25) is 0 Å². The number of hydrogen-bond acceptors (Lipinski definition) is 3. The largest absolute Gasteiger partial charge is 0.480 e. The fourth-order valence-electron chi connectivity index (χ4n) is 2.03. The highest BCUT2D eigenvalue weighted by molar-refractivity contribution is 5.93. The van der Waals surface area contributed by atoms with Crippen molar-refractivity contribution in [3.05, 3.63) is 29.3 Å². The lowest BCUT2D eigenvalue weighted by Gasteiger charge is -2.15. The molecule has 1 atom stereocenters. The van der Waals surface area contributed by atoms with Crippen LogP contribution in [0, 0.1) is 24.2 Å². The number of amides is 2. The van der Waals surface area contributed by atoms with E-state index in [0.29, 0.717) is 11.3 Å². The van der Waals surface area contributed by atoms with Crippen molar-refractivity contribution in [3.8, 4) is 6.07 Å². The summed E-state index contributed by atoms with van der Waals surface area (Å²) in [4.78, 5) is 22.9. The van der Waals surface area contributed by atoms with Gasteiger partial charge < -0.3 is 15.7 Å². The average molecular weight is 273 g/mol. The minimum Gasteiger partial charge on any atom is -0.480 e. The minimum atomic E-state index is -1.03. The predicted octanol–water partition coefficient (Wildman–Crippen LogP) is 1.85. The molecule has 1 fully saturated rings. The number of carboxylic acids is 1. The molecule has 1 aromatic carbocycles. The third-order valence-corrected chi connectivity index (χ3v) is 3.28. The van der Waals surface area contributed by atoms with Crippen LogP contribution in [0.4, 0.5) is 10.5 Å². The number of nitrogens with zero attached hydrogens (tertiary/aromatic N) is 1. The van der Waals surface area contributed by atoms with Crippen LogP contribution in [0.15, 0.2) is 18.2 Å². The topological polar surface area (TPSA) is 102 Å². The molecule has 6 nitrogen and oxygen atoms in total. The van der Waals surface area contributed by atoms with Gasteiger partial charge in [-0.25, -0.2) is 9.59 Å². The maximum Gasteiger partial charge on any atom is 0.326 e. The molecule has 20 heavy (non-hydrogen) atoms. The Labute approximate surface area is 116 Å². The summed E-state index contributed by atoms with van der Waals surface area (Å²) < 4.78 is 0. The number of anilines is 1. The Morgan fingerprint density at radius 1 is 1.45 bits per heavy atom. The number of aryl methyl sites for hydroxylation is 1. The van der Waals surface area contributed by atoms with E-state index < -0.39 is 18.0 Å². The van der Waals surface area contributed by atoms with Gasteiger partial charge in [0.05, 0.1) is 11.3 Å². The van der Waals surface area contributed by atoms with Gasteiger partial charge in [-0.3, -0.25) is 0 Å². The van der Waals surface area contributed by atoms with Crippen molar-refractivity contribution in [2.45, 2.75) is 25.8 Å². The fourth-order valence-corrected chi connectivity index (χ4v) is 2.03. The second-order valence-electron chi connectivity index (χ2n) is 4.86. The van der Waals surface area contributed by atoms with Gasteiger partial charge in [0.15, 0.2) is 0 Å². The van der Waals surface area contributed by atoms with E-state index in [1.54, 1.807) is 25.1 Å². The van der Waals surface area contributed by atoms with Gasteiger partial charge in [-0.15, -0.1) is 0 Å². The van der Waals surface area contributed by atoms with Crippen LogP contribution in [-0.2, 0) is 4.79 Å². The summed E-state index contributed by atoms with van der Waals surface area (Å²) in [6.45, 7) is 1.77. The molecular formula is C14H15N3O3. The first-order valence-electron chi connectivity index (χ1n) is 6.33. The number of nitrogens with one attached hydrogen (secondary N) is 2. The minimum absolute atomic E-state index is 0.00574. The molecule has 0 spiro atoms. The third-order valence-electron chi connectivity index (χ3n) is 3.28. The third kappa shape index (κ3) is 3.06. The average Bonchev–Trinajstić information content (AvgIpc) is 3.20. The highest BCUT2D eigenvalue weighted by Gasteiger charge is 2.37. The lowest BCUT2D eigenvalue weighted by molar-refractivity contribution is -0.139. The van der Waals surface area contributed by atoms with Crippen molar-refractivity contribution in [3.63, 3.8) is 0 Å². The van der Waals surface area contributed by atoms with Gasteiger partial charge in [-0.2, -0.15) is 5.26 Å². The van der Waals surface area contributed by atoms with Gasteiger partial charge in [-0.05, 0) is 37.3 Å². The summed E-state index contributed by atoms with van der Waals surface area (Å²) in [6, 6.07) is 5.65. The zero-order valence-corrected chi connectivity index (χ0v) is 11.0. The van der Waals surface area contributed by atoms with Crippen LogP contribution in [0.1, 0.15) is 24.0 Å². The second kappa shape index (κ2) is 5.61. The van der Waals surface area contributed by atoms with Gasteiger partial charge in [0.25, 0.3) is 0 Å². The van der Waals surface area contributed by atoms with E-state index in [4.69, 9.17) is 10.4 Å². The van der Waals surface area contributed by atoms with Crippen molar-refractivity contribution in [2.24, 2.45) is 5.92 Å². The SMILES string of the molecule is Cc1cccc(NC(=O)NC(C(=O)O)C2CC2)c1C#N. The van der Waals surface area contributed by atoms with Crippen molar-refractivity contribution in [1.29, 1.82) is 5.26 Å². The maximum atomic E-state index is 11.8. The first-order valence-corrected chi connectivity index (χ1v) is 6.33. The monoisotopic (exact) mass is 273 g/mol. The summed E-state index contributed by atoms with van der Waals surface area (Å²) in [7, 11) is 0. The molecule has 104 valence electrons. The van der Waals surface area contributed by atoms with Crippen molar-refractivity contribution >= 4 is 17.7 Å². The first kappa shape index (κ1) is 13.9. The summed E-state index contributed by atoms with van der Waals surface area (Å²) in [6.07, 6.45) is 1.62. The Hall–Kier alpha value is -2.55. The molecule has 3 N–H and O–H groups in total. The van der Waals surface area contributed by atoms with Crippen molar-refractivity contribution in [2.75, 3.05) is 5.32 Å². The van der Waals surface area contributed by atoms with Crippen molar-refractivity contribution in [1.82, 2.24) is 5.32 Å². The number of aliphatic carboxylic acids is 1. The Kier molecular flexibility index (Phi) is 3.89. The molecule has 2 rings (SSSR count). The van der Waals surface area contributed by atoms with Crippen LogP contribution in [0.5, 0.6) is 0 Å².